The smallest absolute Gasteiger partial charge is 0.0920 e. The average Bonchev–Trinajstić information content (AvgIpc) is 2.94. The molecule has 1 aliphatic heterocycles. The van der Waals surface area contributed by atoms with E-state index in [-0.39, 0.29) is 5.60 Å². The Morgan fingerprint density at radius 2 is 2.00 bits per heavy atom. The third-order valence-corrected chi connectivity index (χ3v) is 6.75. The van der Waals surface area contributed by atoms with Gasteiger partial charge in [-0.3, -0.25) is 0 Å². The van der Waals surface area contributed by atoms with Crippen molar-refractivity contribution in [2.45, 2.75) is 84.3 Å². The molecule has 0 amide bonds. The molecule has 1 heterocycles. The lowest BCUT2D eigenvalue weighted by atomic mass is 9.70. The molecular formula is C20H32O. The number of allylic oxidation sites excluding steroid dienone is 3. The first-order valence-corrected chi connectivity index (χ1v) is 8.83. The molecule has 3 aliphatic rings. The Bertz CT molecular complexity index is 462. The summed E-state index contributed by atoms with van der Waals surface area (Å²) in [4.78, 5) is 0. The van der Waals surface area contributed by atoms with Gasteiger partial charge in [-0.05, 0) is 83.0 Å². The lowest BCUT2D eigenvalue weighted by Gasteiger charge is -2.34. The fourth-order valence-electron chi connectivity index (χ4n) is 4.94. The molecule has 0 aromatic carbocycles. The van der Waals surface area contributed by atoms with Crippen LogP contribution in [0, 0.1) is 17.3 Å². The molecule has 0 radical (unpaired) electrons. The number of fused-ring (bicyclic) bond motifs is 2. The highest BCUT2D eigenvalue weighted by molar-refractivity contribution is 5.13. The average molecular weight is 288 g/mol. The highest BCUT2D eigenvalue weighted by Gasteiger charge is 2.53. The summed E-state index contributed by atoms with van der Waals surface area (Å²) in [7, 11) is 0. The van der Waals surface area contributed by atoms with E-state index >= 15 is 0 Å². The molecule has 0 N–H and O–H groups in total. The van der Waals surface area contributed by atoms with Crippen LogP contribution >= 0.6 is 0 Å². The Labute approximate surface area is 130 Å². The van der Waals surface area contributed by atoms with Crippen molar-refractivity contribution in [2.75, 3.05) is 0 Å². The zero-order valence-electron chi connectivity index (χ0n) is 14.4. The van der Waals surface area contributed by atoms with Gasteiger partial charge in [0.25, 0.3) is 0 Å². The van der Waals surface area contributed by atoms with Crippen LogP contribution in [0.2, 0.25) is 0 Å². The van der Waals surface area contributed by atoms with Crippen LogP contribution in [0.3, 0.4) is 0 Å². The highest BCUT2D eigenvalue weighted by atomic mass is 16.6. The van der Waals surface area contributed by atoms with Gasteiger partial charge in [0.2, 0.25) is 0 Å². The summed E-state index contributed by atoms with van der Waals surface area (Å²) in [6.45, 7) is 13.7. The van der Waals surface area contributed by atoms with Crippen LogP contribution in [-0.4, -0.2) is 11.7 Å². The Balaban J connectivity index is 1.85. The molecule has 21 heavy (non-hydrogen) atoms. The summed E-state index contributed by atoms with van der Waals surface area (Å²) >= 11 is 0. The van der Waals surface area contributed by atoms with E-state index in [4.69, 9.17) is 4.74 Å². The molecule has 5 atom stereocenters. The zero-order chi connectivity index (χ0) is 15.3. The van der Waals surface area contributed by atoms with Crippen LogP contribution in [0.15, 0.2) is 23.8 Å². The Morgan fingerprint density at radius 3 is 2.71 bits per heavy atom. The van der Waals surface area contributed by atoms with E-state index in [1.165, 1.54) is 50.5 Å². The van der Waals surface area contributed by atoms with Crippen LogP contribution in [0.5, 0.6) is 0 Å². The van der Waals surface area contributed by atoms with Gasteiger partial charge in [0.05, 0.1) is 11.7 Å². The van der Waals surface area contributed by atoms with Crippen molar-refractivity contribution < 1.29 is 4.74 Å². The predicted octanol–water partition coefficient (Wildman–Crippen LogP) is 5.66. The summed E-state index contributed by atoms with van der Waals surface area (Å²) < 4.78 is 6.05. The van der Waals surface area contributed by atoms with Crippen molar-refractivity contribution in [3.63, 3.8) is 0 Å². The van der Waals surface area contributed by atoms with Crippen molar-refractivity contribution in [3.8, 4) is 0 Å². The third-order valence-electron chi connectivity index (χ3n) is 6.75. The van der Waals surface area contributed by atoms with E-state index in [0.717, 1.165) is 11.8 Å². The molecule has 0 unspecified atom stereocenters. The van der Waals surface area contributed by atoms with Gasteiger partial charge in [0, 0.05) is 0 Å². The number of hydrogen-bond acceptors (Lipinski definition) is 1. The van der Waals surface area contributed by atoms with E-state index in [2.05, 4.69) is 40.3 Å². The van der Waals surface area contributed by atoms with E-state index in [1.54, 1.807) is 5.57 Å². The molecule has 0 spiro atoms. The highest BCUT2D eigenvalue weighted by Crippen LogP contribution is 2.56. The molecule has 2 fully saturated rings. The van der Waals surface area contributed by atoms with Crippen molar-refractivity contribution in [1.29, 1.82) is 0 Å². The monoisotopic (exact) mass is 288 g/mol. The molecular weight excluding hydrogens is 256 g/mol. The van der Waals surface area contributed by atoms with Gasteiger partial charge < -0.3 is 4.74 Å². The first kappa shape index (κ1) is 15.3. The largest absolute Gasteiger partial charge is 0.366 e. The van der Waals surface area contributed by atoms with Gasteiger partial charge in [-0.25, -0.2) is 0 Å². The molecule has 1 saturated heterocycles. The maximum absolute atomic E-state index is 6.05. The molecule has 0 aromatic heterocycles. The Kier molecular flexibility index (Phi) is 3.84. The maximum atomic E-state index is 6.05. The normalized spacial score (nSPS) is 49.3. The zero-order valence-corrected chi connectivity index (χ0v) is 14.4. The topological polar surface area (TPSA) is 12.5 Å². The Hall–Kier alpha value is -0.560. The maximum Gasteiger partial charge on any atom is 0.0920 e. The van der Waals surface area contributed by atoms with Gasteiger partial charge in [-0.1, -0.05) is 30.7 Å². The minimum absolute atomic E-state index is 0.174. The van der Waals surface area contributed by atoms with Crippen molar-refractivity contribution in [1.82, 2.24) is 0 Å². The molecule has 118 valence electrons. The number of ether oxygens (including phenoxy) is 1. The molecule has 1 nitrogen and oxygen atoms in total. The molecule has 0 aromatic rings. The van der Waals surface area contributed by atoms with Crippen LogP contribution in [-0.2, 0) is 4.74 Å². The Morgan fingerprint density at radius 1 is 1.24 bits per heavy atom. The second-order valence-electron chi connectivity index (χ2n) is 8.50. The molecule has 1 saturated carbocycles. The summed E-state index contributed by atoms with van der Waals surface area (Å²) in [6.07, 6.45) is 12.0. The van der Waals surface area contributed by atoms with Crippen LogP contribution < -0.4 is 0 Å². The fourth-order valence-corrected chi connectivity index (χ4v) is 4.94. The van der Waals surface area contributed by atoms with E-state index in [1.807, 2.05) is 0 Å². The van der Waals surface area contributed by atoms with Crippen molar-refractivity contribution >= 4 is 0 Å². The fraction of sp³-hybridized carbons (Fsp3) is 0.800. The summed E-state index contributed by atoms with van der Waals surface area (Å²) in [5.74, 6) is 1.52. The van der Waals surface area contributed by atoms with Gasteiger partial charge in [-0.2, -0.15) is 0 Å². The van der Waals surface area contributed by atoms with Gasteiger partial charge in [0.1, 0.15) is 0 Å². The van der Waals surface area contributed by atoms with Gasteiger partial charge in [-0.15, -0.1) is 0 Å². The first-order chi connectivity index (χ1) is 9.84. The third kappa shape index (κ3) is 2.86. The van der Waals surface area contributed by atoms with Crippen LogP contribution in [0.1, 0.15) is 72.6 Å². The second kappa shape index (κ2) is 5.26. The lowest BCUT2D eigenvalue weighted by Crippen LogP contribution is -2.27. The van der Waals surface area contributed by atoms with E-state index < -0.39 is 0 Å². The summed E-state index contributed by atoms with van der Waals surface area (Å²) in [5, 5.41) is 0. The summed E-state index contributed by atoms with van der Waals surface area (Å²) in [5.41, 5.74) is 3.61. The second-order valence-corrected chi connectivity index (χ2v) is 8.50. The van der Waals surface area contributed by atoms with Gasteiger partial charge in [0.15, 0.2) is 0 Å². The first-order valence-electron chi connectivity index (χ1n) is 8.83. The standard InChI is InChI=1S/C20H32O/c1-14(2)16-9-12-19(4)11-8-15(3)6-7-18-20(5,21-18)13-10-17(16)19/h8,16-18H,1,6-7,9-13H2,2-5H3/b15-8+/t16-,17+,18+,19+,20+/m1/s1. The number of hydrogen-bond donors (Lipinski definition) is 0. The molecule has 0 bridgehead atoms. The minimum atomic E-state index is 0.174. The molecule has 3 rings (SSSR count). The molecule has 1 heteroatoms. The van der Waals surface area contributed by atoms with Crippen LogP contribution in [0.4, 0.5) is 0 Å². The summed E-state index contributed by atoms with van der Waals surface area (Å²) in [6, 6.07) is 0. The predicted molar refractivity (Wildman–Crippen MR) is 89.3 cm³/mol. The van der Waals surface area contributed by atoms with E-state index in [9.17, 15) is 0 Å². The lowest BCUT2D eigenvalue weighted by molar-refractivity contribution is 0.173. The van der Waals surface area contributed by atoms with Crippen molar-refractivity contribution in [2.24, 2.45) is 17.3 Å². The quantitative estimate of drug-likeness (QED) is 0.448. The number of rotatable bonds is 1. The SMILES string of the molecule is C=C(C)[C@H]1CC[C@]2(C)C/C=C(\C)CC[C@@H]3O[C@@]3(C)CC[C@@H]12. The van der Waals surface area contributed by atoms with Gasteiger partial charge >= 0.3 is 0 Å². The van der Waals surface area contributed by atoms with Crippen LogP contribution in [0.25, 0.3) is 0 Å². The van der Waals surface area contributed by atoms with E-state index in [0.29, 0.717) is 11.5 Å². The molecule has 2 aliphatic carbocycles. The van der Waals surface area contributed by atoms with Crippen molar-refractivity contribution in [3.05, 3.63) is 23.8 Å². The number of epoxide rings is 1. The minimum Gasteiger partial charge on any atom is -0.366 e.